The van der Waals surface area contributed by atoms with Crippen molar-refractivity contribution in [2.75, 3.05) is 14.2 Å². The van der Waals surface area contributed by atoms with Crippen LogP contribution in [0, 0.1) is 5.41 Å². The SMILES string of the molecule is COc1cc(C(Cl)CC(C)(C)C)c(OC)cc1Br. The van der Waals surface area contributed by atoms with Gasteiger partial charge in [-0.1, -0.05) is 20.8 Å². The second kappa shape index (κ2) is 6.16. The number of halogens is 2. The highest BCUT2D eigenvalue weighted by molar-refractivity contribution is 9.10. The van der Waals surface area contributed by atoms with Gasteiger partial charge in [0.1, 0.15) is 11.5 Å². The summed E-state index contributed by atoms with van der Waals surface area (Å²) < 4.78 is 11.6. The van der Waals surface area contributed by atoms with E-state index in [1.165, 1.54) is 0 Å². The van der Waals surface area contributed by atoms with E-state index in [0.29, 0.717) is 0 Å². The zero-order valence-corrected chi connectivity index (χ0v) is 13.9. The molecule has 0 heterocycles. The minimum Gasteiger partial charge on any atom is -0.496 e. The lowest BCUT2D eigenvalue weighted by Crippen LogP contribution is -2.09. The predicted octanol–water partition coefficient (Wildman–Crippen LogP) is 5.18. The molecular weight excluding hydrogens is 316 g/mol. The molecule has 0 aromatic heterocycles. The van der Waals surface area contributed by atoms with Gasteiger partial charge in [0.2, 0.25) is 0 Å². The van der Waals surface area contributed by atoms with Crippen molar-refractivity contribution in [2.45, 2.75) is 32.6 Å². The molecule has 2 nitrogen and oxygen atoms in total. The number of ether oxygens (including phenoxy) is 2. The molecule has 1 aromatic rings. The highest BCUT2D eigenvalue weighted by atomic mass is 79.9. The Bertz CT molecular complexity index is 413. The fraction of sp³-hybridized carbons (Fsp3) is 0.571. The number of rotatable bonds is 4. The van der Waals surface area contributed by atoms with E-state index in [4.69, 9.17) is 21.1 Å². The molecule has 0 N–H and O–H groups in total. The van der Waals surface area contributed by atoms with E-state index in [-0.39, 0.29) is 10.8 Å². The largest absolute Gasteiger partial charge is 0.496 e. The van der Waals surface area contributed by atoms with Gasteiger partial charge in [0.25, 0.3) is 0 Å². The van der Waals surface area contributed by atoms with Gasteiger partial charge in [-0.05, 0) is 39.9 Å². The third-order valence-electron chi connectivity index (χ3n) is 2.63. The van der Waals surface area contributed by atoms with Crippen molar-refractivity contribution in [3.63, 3.8) is 0 Å². The van der Waals surface area contributed by atoms with Gasteiger partial charge < -0.3 is 9.47 Å². The third kappa shape index (κ3) is 4.06. The summed E-state index contributed by atoms with van der Waals surface area (Å²) in [7, 11) is 3.29. The summed E-state index contributed by atoms with van der Waals surface area (Å²) in [5, 5.41) is -0.0954. The van der Waals surface area contributed by atoms with Gasteiger partial charge in [-0.3, -0.25) is 0 Å². The summed E-state index contributed by atoms with van der Waals surface area (Å²) in [6.45, 7) is 6.51. The Morgan fingerprint density at radius 3 is 2.17 bits per heavy atom. The minimum atomic E-state index is -0.0954. The fourth-order valence-electron chi connectivity index (χ4n) is 1.78. The van der Waals surface area contributed by atoms with Gasteiger partial charge in [-0.15, -0.1) is 11.6 Å². The topological polar surface area (TPSA) is 18.5 Å². The van der Waals surface area contributed by atoms with Crippen LogP contribution in [0.25, 0.3) is 0 Å². The molecule has 102 valence electrons. The van der Waals surface area contributed by atoms with E-state index in [1.807, 2.05) is 12.1 Å². The average molecular weight is 336 g/mol. The van der Waals surface area contributed by atoms with E-state index in [9.17, 15) is 0 Å². The fourth-order valence-corrected chi connectivity index (χ4v) is 2.89. The van der Waals surface area contributed by atoms with Crippen molar-refractivity contribution in [2.24, 2.45) is 5.41 Å². The molecule has 0 saturated heterocycles. The van der Waals surface area contributed by atoms with Crippen LogP contribution in [-0.4, -0.2) is 14.2 Å². The summed E-state index contributed by atoms with van der Waals surface area (Å²) in [5.74, 6) is 1.55. The highest BCUT2D eigenvalue weighted by Gasteiger charge is 2.22. The molecule has 0 spiro atoms. The highest BCUT2D eigenvalue weighted by Crippen LogP contribution is 2.42. The van der Waals surface area contributed by atoms with E-state index in [1.54, 1.807) is 14.2 Å². The zero-order chi connectivity index (χ0) is 13.9. The Hall–Kier alpha value is -0.410. The van der Waals surface area contributed by atoms with Gasteiger partial charge in [-0.2, -0.15) is 0 Å². The molecule has 1 rings (SSSR count). The quantitative estimate of drug-likeness (QED) is 0.706. The van der Waals surface area contributed by atoms with Crippen molar-refractivity contribution in [1.29, 1.82) is 0 Å². The average Bonchev–Trinajstić information content (AvgIpc) is 2.26. The van der Waals surface area contributed by atoms with E-state index < -0.39 is 0 Å². The Labute approximate surface area is 123 Å². The van der Waals surface area contributed by atoms with Crippen LogP contribution in [0.15, 0.2) is 16.6 Å². The van der Waals surface area contributed by atoms with Crippen LogP contribution in [0.5, 0.6) is 11.5 Å². The Morgan fingerprint density at radius 1 is 1.17 bits per heavy atom. The summed E-state index contributed by atoms with van der Waals surface area (Å²) in [6.07, 6.45) is 0.871. The molecule has 0 aliphatic heterocycles. The molecule has 1 atom stereocenters. The van der Waals surface area contributed by atoms with Crippen LogP contribution in [-0.2, 0) is 0 Å². The molecule has 1 aromatic carbocycles. The number of methoxy groups -OCH3 is 2. The van der Waals surface area contributed by atoms with Crippen molar-refractivity contribution in [3.8, 4) is 11.5 Å². The Kier molecular flexibility index (Phi) is 5.35. The molecule has 18 heavy (non-hydrogen) atoms. The lowest BCUT2D eigenvalue weighted by molar-refractivity contribution is 0.361. The molecular formula is C14H20BrClO2. The molecule has 0 aliphatic carbocycles. The summed E-state index contributed by atoms with van der Waals surface area (Å²) in [6, 6.07) is 3.83. The van der Waals surface area contributed by atoms with Crippen LogP contribution in [0.1, 0.15) is 38.1 Å². The van der Waals surface area contributed by atoms with Crippen molar-refractivity contribution in [1.82, 2.24) is 0 Å². The van der Waals surface area contributed by atoms with Gasteiger partial charge in [0.15, 0.2) is 0 Å². The first-order valence-electron chi connectivity index (χ1n) is 5.84. The normalized spacial score (nSPS) is 13.3. The van der Waals surface area contributed by atoms with Crippen molar-refractivity contribution in [3.05, 3.63) is 22.2 Å². The molecule has 0 amide bonds. The smallest absolute Gasteiger partial charge is 0.133 e. The molecule has 0 radical (unpaired) electrons. The van der Waals surface area contributed by atoms with Gasteiger partial charge in [-0.25, -0.2) is 0 Å². The lowest BCUT2D eigenvalue weighted by atomic mass is 9.88. The molecule has 0 aliphatic rings. The first-order valence-corrected chi connectivity index (χ1v) is 7.07. The number of alkyl halides is 1. The first kappa shape index (κ1) is 15.6. The van der Waals surface area contributed by atoms with Crippen LogP contribution in [0.3, 0.4) is 0 Å². The standard InChI is InChI=1S/C14H20BrClO2/c1-14(2,3)8-11(16)9-6-13(18-5)10(15)7-12(9)17-4/h6-7,11H,8H2,1-5H3. The van der Waals surface area contributed by atoms with Crippen LogP contribution < -0.4 is 9.47 Å². The van der Waals surface area contributed by atoms with Gasteiger partial charge >= 0.3 is 0 Å². The van der Waals surface area contributed by atoms with Crippen LogP contribution >= 0.6 is 27.5 Å². The Balaban J connectivity index is 3.13. The van der Waals surface area contributed by atoms with E-state index in [2.05, 4.69) is 36.7 Å². The Morgan fingerprint density at radius 2 is 1.72 bits per heavy atom. The second-order valence-electron chi connectivity index (χ2n) is 5.46. The number of benzene rings is 1. The van der Waals surface area contributed by atoms with E-state index in [0.717, 1.165) is 28.0 Å². The molecule has 0 bridgehead atoms. The van der Waals surface area contributed by atoms with Crippen LogP contribution in [0.2, 0.25) is 0 Å². The van der Waals surface area contributed by atoms with E-state index >= 15 is 0 Å². The predicted molar refractivity (Wildman–Crippen MR) is 79.9 cm³/mol. The molecule has 1 unspecified atom stereocenters. The second-order valence-corrected chi connectivity index (χ2v) is 6.84. The minimum absolute atomic E-state index is 0.0954. The lowest BCUT2D eigenvalue weighted by Gasteiger charge is -2.23. The maximum atomic E-state index is 6.51. The van der Waals surface area contributed by atoms with Crippen molar-refractivity contribution >= 4 is 27.5 Å². The maximum Gasteiger partial charge on any atom is 0.133 e. The summed E-state index contributed by atoms with van der Waals surface area (Å²) in [5.41, 5.74) is 1.13. The van der Waals surface area contributed by atoms with Crippen molar-refractivity contribution < 1.29 is 9.47 Å². The van der Waals surface area contributed by atoms with Gasteiger partial charge in [0.05, 0.1) is 24.1 Å². The summed E-state index contributed by atoms with van der Waals surface area (Å²) >= 11 is 9.95. The van der Waals surface area contributed by atoms with Gasteiger partial charge in [0, 0.05) is 5.56 Å². The first-order chi connectivity index (χ1) is 8.28. The number of hydrogen-bond donors (Lipinski definition) is 0. The summed E-state index contributed by atoms with van der Waals surface area (Å²) in [4.78, 5) is 0. The molecule has 4 heteroatoms. The van der Waals surface area contributed by atoms with Crippen LogP contribution in [0.4, 0.5) is 0 Å². The number of hydrogen-bond acceptors (Lipinski definition) is 2. The maximum absolute atomic E-state index is 6.51. The zero-order valence-electron chi connectivity index (χ0n) is 11.5. The molecule has 0 fully saturated rings. The monoisotopic (exact) mass is 334 g/mol. The third-order valence-corrected chi connectivity index (χ3v) is 3.64. The molecule has 0 saturated carbocycles.